The fourth-order valence-corrected chi connectivity index (χ4v) is 4.62. The minimum atomic E-state index is -1.07. The van der Waals surface area contributed by atoms with Gasteiger partial charge in [0.1, 0.15) is 12.2 Å². The Morgan fingerprint density at radius 3 is 2.60 bits per heavy atom. The van der Waals surface area contributed by atoms with Crippen LogP contribution in [0.4, 0.5) is 5.69 Å². The van der Waals surface area contributed by atoms with Gasteiger partial charge in [0.15, 0.2) is 0 Å². The fraction of sp³-hybridized carbons (Fsp3) is 0.357. The van der Waals surface area contributed by atoms with Crippen molar-refractivity contribution >= 4 is 39.9 Å². The molecule has 3 aromatic carbocycles. The zero-order valence-corrected chi connectivity index (χ0v) is 20.9. The average molecular weight is 496 g/mol. The molecule has 0 saturated carbocycles. The van der Waals surface area contributed by atoms with Gasteiger partial charge in [0.05, 0.1) is 13.0 Å². The topological polar surface area (TPSA) is 76.1 Å². The molecule has 4 rings (SSSR count). The largest absolute Gasteiger partial charge is 0.466 e. The van der Waals surface area contributed by atoms with Crippen LogP contribution in [-0.4, -0.2) is 42.8 Å². The summed E-state index contributed by atoms with van der Waals surface area (Å²) in [6, 6.07) is 19.2. The monoisotopic (exact) mass is 495 g/mol. The lowest BCUT2D eigenvalue weighted by atomic mass is 9.92. The van der Waals surface area contributed by atoms with E-state index >= 15 is 0 Å². The molecule has 0 aromatic heterocycles. The van der Waals surface area contributed by atoms with Crippen molar-refractivity contribution in [1.82, 2.24) is 0 Å². The van der Waals surface area contributed by atoms with E-state index in [9.17, 15) is 14.7 Å². The van der Waals surface area contributed by atoms with E-state index in [0.717, 1.165) is 21.9 Å². The zero-order chi connectivity index (χ0) is 25.2. The lowest BCUT2D eigenvalue weighted by Crippen LogP contribution is -2.46. The summed E-state index contributed by atoms with van der Waals surface area (Å²) in [5.41, 5.74) is 1.66. The maximum atomic E-state index is 13.8. The van der Waals surface area contributed by atoms with Crippen LogP contribution >= 0.6 is 11.6 Å². The molecule has 1 heterocycles. The van der Waals surface area contributed by atoms with Gasteiger partial charge in [-0.05, 0) is 41.5 Å². The number of carbonyl (C=O) groups is 2. The Morgan fingerprint density at radius 2 is 1.86 bits per heavy atom. The number of ether oxygens (including phenoxy) is 2. The summed E-state index contributed by atoms with van der Waals surface area (Å²) in [5, 5.41) is 12.5. The van der Waals surface area contributed by atoms with Crippen LogP contribution in [0.25, 0.3) is 10.8 Å². The second kappa shape index (κ2) is 10.4. The molecule has 1 aliphatic rings. The van der Waals surface area contributed by atoms with Gasteiger partial charge >= 0.3 is 5.97 Å². The number of benzene rings is 3. The molecule has 184 valence electrons. The molecule has 0 unspecified atom stereocenters. The Balaban J connectivity index is 1.91. The van der Waals surface area contributed by atoms with E-state index in [2.05, 4.69) is 0 Å². The molecule has 2 atom stereocenters. The lowest BCUT2D eigenvalue weighted by Gasteiger charge is -2.32. The molecule has 35 heavy (non-hydrogen) atoms. The molecule has 3 aromatic rings. The number of fused-ring (bicyclic) bond motifs is 2. The molecule has 0 radical (unpaired) electrons. The van der Waals surface area contributed by atoms with Crippen molar-refractivity contribution in [1.29, 1.82) is 0 Å². The molecule has 1 amide bonds. The van der Waals surface area contributed by atoms with Crippen molar-refractivity contribution in [2.45, 2.75) is 39.4 Å². The van der Waals surface area contributed by atoms with Crippen LogP contribution in [0, 0.1) is 5.41 Å². The van der Waals surface area contributed by atoms with Gasteiger partial charge in [-0.2, -0.15) is 0 Å². The van der Waals surface area contributed by atoms with Crippen LogP contribution in [0.1, 0.15) is 44.4 Å². The molecule has 1 aliphatic heterocycles. The number of nitrogens with zero attached hydrogens (tertiary/aromatic N) is 1. The number of amides is 1. The number of hydrogen-bond donors (Lipinski definition) is 1. The van der Waals surface area contributed by atoms with Crippen LogP contribution in [0.15, 0.2) is 60.7 Å². The highest BCUT2D eigenvalue weighted by molar-refractivity contribution is 6.30. The standard InChI is InChI=1S/C28H30ClNO5/c1-4-34-25(32)15-24-27(33)30(16-28(2,3)17-31)23-13-12-19(29)14-22(23)26(35-24)21-11-7-9-18-8-5-6-10-20(18)21/h5-14,24,26,31H,4,15-17H2,1-3H3/t24-,26-/m0/s1. The van der Waals surface area contributed by atoms with Crippen LogP contribution in [-0.2, 0) is 19.1 Å². The second-order valence-corrected chi connectivity index (χ2v) is 9.97. The fourth-order valence-electron chi connectivity index (χ4n) is 4.44. The first-order valence-electron chi connectivity index (χ1n) is 11.7. The first kappa shape index (κ1) is 25.2. The van der Waals surface area contributed by atoms with Gasteiger partial charge in [-0.1, -0.05) is 67.9 Å². The van der Waals surface area contributed by atoms with E-state index < -0.39 is 23.6 Å². The minimum absolute atomic E-state index is 0.115. The smallest absolute Gasteiger partial charge is 0.308 e. The predicted octanol–water partition coefficient (Wildman–Crippen LogP) is 5.29. The maximum Gasteiger partial charge on any atom is 0.308 e. The number of carbonyl (C=O) groups excluding carboxylic acids is 2. The number of esters is 1. The van der Waals surface area contributed by atoms with Crippen molar-refractivity contribution in [3.63, 3.8) is 0 Å². The number of halogens is 1. The third-order valence-corrected chi connectivity index (χ3v) is 6.42. The Hall–Kier alpha value is -2.93. The molecule has 0 saturated heterocycles. The number of aliphatic hydroxyl groups excluding tert-OH is 1. The molecule has 0 aliphatic carbocycles. The predicted molar refractivity (Wildman–Crippen MR) is 137 cm³/mol. The highest BCUT2D eigenvalue weighted by Crippen LogP contribution is 2.42. The summed E-state index contributed by atoms with van der Waals surface area (Å²) < 4.78 is 11.6. The van der Waals surface area contributed by atoms with Crippen LogP contribution in [0.5, 0.6) is 0 Å². The number of anilines is 1. The molecule has 0 fully saturated rings. The van der Waals surface area contributed by atoms with Gasteiger partial charge in [-0.15, -0.1) is 0 Å². The first-order valence-corrected chi connectivity index (χ1v) is 12.1. The highest BCUT2D eigenvalue weighted by Gasteiger charge is 2.40. The summed E-state index contributed by atoms with van der Waals surface area (Å²) in [6.45, 7) is 5.82. The lowest BCUT2D eigenvalue weighted by molar-refractivity contribution is -0.151. The van der Waals surface area contributed by atoms with Gasteiger partial charge in [0.25, 0.3) is 5.91 Å². The van der Waals surface area contributed by atoms with E-state index in [0.29, 0.717) is 10.7 Å². The minimum Gasteiger partial charge on any atom is -0.466 e. The Kier molecular flexibility index (Phi) is 7.45. The van der Waals surface area contributed by atoms with Gasteiger partial charge in [-0.25, -0.2) is 0 Å². The normalized spacial score (nSPS) is 18.3. The van der Waals surface area contributed by atoms with E-state index in [1.165, 1.54) is 0 Å². The average Bonchev–Trinajstić information content (AvgIpc) is 2.94. The van der Waals surface area contributed by atoms with E-state index in [4.69, 9.17) is 21.1 Å². The summed E-state index contributed by atoms with van der Waals surface area (Å²) in [4.78, 5) is 27.9. The van der Waals surface area contributed by atoms with E-state index in [1.54, 1.807) is 24.0 Å². The van der Waals surface area contributed by atoms with E-state index in [-0.39, 0.29) is 32.1 Å². The van der Waals surface area contributed by atoms with Crippen molar-refractivity contribution < 1.29 is 24.2 Å². The third-order valence-electron chi connectivity index (χ3n) is 6.18. The molecule has 0 spiro atoms. The quantitative estimate of drug-likeness (QED) is 0.451. The zero-order valence-electron chi connectivity index (χ0n) is 20.2. The van der Waals surface area contributed by atoms with Crippen LogP contribution < -0.4 is 4.90 Å². The first-order chi connectivity index (χ1) is 16.7. The van der Waals surface area contributed by atoms with Gasteiger partial charge in [0.2, 0.25) is 0 Å². The Labute approximate surface area is 210 Å². The number of rotatable bonds is 7. The SMILES string of the molecule is CCOC(=O)C[C@@H]1O[C@@H](c2cccc3ccccc23)c2cc(Cl)ccc2N(CC(C)(C)CO)C1=O. The maximum absolute atomic E-state index is 13.8. The molecule has 6 nitrogen and oxygen atoms in total. The highest BCUT2D eigenvalue weighted by atomic mass is 35.5. The van der Waals surface area contributed by atoms with Gasteiger partial charge < -0.3 is 19.5 Å². The summed E-state index contributed by atoms with van der Waals surface area (Å²) in [7, 11) is 0. The van der Waals surface area contributed by atoms with Crippen molar-refractivity contribution in [2.24, 2.45) is 5.41 Å². The van der Waals surface area contributed by atoms with Gasteiger partial charge in [0, 0.05) is 34.8 Å². The third kappa shape index (κ3) is 5.35. The summed E-state index contributed by atoms with van der Waals surface area (Å²) in [6.07, 6.45) is -1.94. The van der Waals surface area contributed by atoms with Crippen molar-refractivity contribution in [3.05, 3.63) is 76.8 Å². The van der Waals surface area contributed by atoms with Crippen LogP contribution in [0.2, 0.25) is 5.02 Å². The Morgan fingerprint density at radius 1 is 1.11 bits per heavy atom. The number of hydrogen-bond acceptors (Lipinski definition) is 5. The van der Waals surface area contributed by atoms with Crippen LogP contribution in [0.3, 0.4) is 0 Å². The van der Waals surface area contributed by atoms with Crippen molar-refractivity contribution in [3.8, 4) is 0 Å². The van der Waals surface area contributed by atoms with Gasteiger partial charge in [-0.3, -0.25) is 9.59 Å². The van der Waals surface area contributed by atoms with Crippen molar-refractivity contribution in [2.75, 3.05) is 24.7 Å². The summed E-state index contributed by atoms with van der Waals surface area (Å²) >= 11 is 6.43. The number of aliphatic hydroxyl groups is 1. The molecule has 7 heteroatoms. The van der Waals surface area contributed by atoms with E-state index in [1.807, 2.05) is 62.4 Å². The molecule has 0 bridgehead atoms. The molecular formula is C28H30ClNO5. The second-order valence-electron chi connectivity index (χ2n) is 9.53. The molecular weight excluding hydrogens is 466 g/mol. The Bertz CT molecular complexity index is 1240. The molecule has 1 N–H and O–H groups in total. The summed E-state index contributed by atoms with van der Waals surface area (Å²) in [5.74, 6) is -0.862.